The first kappa shape index (κ1) is 23.4. The second-order valence-electron chi connectivity index (χ2n) is 6.58. The van der Waals surface area contributed by atoms with Crippen molar-refractivity contribution in [3.8, 4) is 0 Å². The van der Waals surface area contributed by atoms with Gasteiger partial charge in [-0.1, -0.05) is 62.8 Å². The lowest BCUT2D eigenvalue weighted by atomic mass is 10.1. The molecular formula is C21H36O4. The number of hydrogen-bond acceptors (Lipinski definition) is 2. The first-order chi connectivity index (χ1) is 12.1. The minimum absolute atomic E-state index is 0.303. The molecule has 0 fully saturated rings. The lowest BCUT2D eigenvalue weighted by molar-refractivity contribution is -0.138. The number of unbranched alkanes of at least 4 members (excludes halogenated alkanes) is 10. The smallest absolute Gasteiger partial charge is 0.303 e. The Kier molecular flexibility index (Phi) is 17.6. The minimum atomic E-state index is -0.688. The Morgan fingerprint density at radius 3 is 1.28 bits per heavy atom. The van der Waals surface area contributed by atoms with Gasteiger partial charge in [0.15, 0.2) is 0 Å². The van der Waals surface area contributed by atoms with Crippen molar-refractivity contribution >= 4 is 11.9 Å². The highest BCUT2D eigenvalue weighted by Crippen LogP contribution is 2.09. The maximum absolute atomic E-state index is 10.4. The molecule has 0 radical (unpaired) electrons. The molecule has 144 valence electrons. The fraction of sp³-hybridized carbons (Fsp3) is 0.714. The summed E-state index contributed by atoms with van der Waals surface area (Å²) < 4.78 is 0. The Bertz CT molecular complexity index is 349. The maximum Gasteiger partial charge on any atom is 0.303 e. The van der Waals surface area contributed by atoms with Crippen molar-refractivity contribution in [1.82, 2.24) is 0 Å². The maximum atomic E-state index is 10.4. The van der Waals surface area contributed by atoms with Crippen LogP contribution in [0, 0.1) is 0 Å². The molecule has 4 nitrogen and oxygen atoms in total. The molecule has 25 heavy (non-hydrogen) atoms. The number of rotatable bonds is 18. The van der Waals surface area contributed by atoms with E-state index in [1.54, 1.807) is 0 Å². The third kappa shape index (κ3) is 22.4. The van der Waals surface area contributed by atoms with Crippen LogP contribution in [0.4, 0.5) is 0 Å². The van der Waals surface area contributed by atoms with Crippen molar-refractivity contribution in [1.29, 1.82) is 0 Å². The van der Waals surface area contributed by atoms with Gasteiger partial charge in [-0.15, -0.1) is 0 Å². The van der Waals surface area contributed by atoms with Gasteiger partial charge in [-0.25, -0.2) is 0 Å². The number of carbonyl (C=O) groups is 2. The predicted octanol–water partition coefficient (Wildman–Crippen LogP) is 6.12. The van der Waals surface area contributed by atoms with E-state index < -0.39 is 11.9 Å². The Morgan fingerprint density at radius 1 is 0.520 bits per heavy atom. The lowest BCUT2D eigenvalue weighted by Crippen LogP contribution is -1.93. The molecule has 0 aliphatic heterocycles. The van der Waals surface area contributed by atoms with Crippen molar-refractivity contribution in [3.63, 3.8) is 0 Å². The molecule has 0 bridgehead atoms. The van der Waals surface area contributed by atoms with Gasteiger partial charge in [-0.05, 0) is 44.9 Å². The molecular weight excluding hydrogens is 316 g/mol. The van der Waals surface area contributed by atoms with Crippen molar-refractivity contribution in [2.45, 2.75) is 96.3 Å². The summed E-state index contributed by atoms with van der Waals surface area (Å²) in [6, 6.07) is 0. The third-order valence-corrected chi connectivity index (χ3v) is 4.13. The highest BCUT2D eigenvalue weighted by atomic mass is 16.4. The van der Waals surface area contributed by atoms with Crippen LogP contribution in [0.15, 0.2) is 24.3 Å². The zero-order chi connectivity index (χ0) is 18.6. The van der Waals surface area contributed by atoms with Gasteiger partial charge in [0.25, 0.3) is 0 Å². The fourth-order valence-corrected chi connectivity index (χ4v) is 2.64. The predicted molar refractivity (Wildman–Crippen MR) is 103 cm³/mol. The molecule has 0 aromatic rings. The van der Waals surface area contributed by atoms with E-state index >= 15 is 0 Å². The van der Waals surface area contributed by atoms with Gasteiger partial charge < -0.3 is 10.2 Å². The molecule has 0 atom stereocenters. The van der Waals surface area contributed by atoms with Crippen LogP contribution in [0.1, 0.15) is 96.3 Å². The summed E-state index contributed by atoms with van der Waals surface area (Å²) >= 11 is 0. The van der Waals surface area contributed by atoms with Gasteiger partial charge in [0.05, 0.1) is 0 Å². The van der Waals surface area contributed by atoms with Crippen LogP contribution in [0.3, 0.4) is 0 Å². The normalized spacial score (nSPS) is 11.5. The van der Waals surface area contributed by atoms with Gasteiger partial charge in [-0.2, -0.15) is 0 Å². The standard InChI is InChI=1S/C21H36O4/c22-20(23)18-16-14-12-10-8-6-4-2-1-3-5-7-9-11-13-15-17-19-21(24)25/h2-5H,1,6-19H2,(H,22,23)(H,24,25)/b4-2+,5-3+. The summed E-state index contributed by atoms with van der Waals surface area (Å²) in [5.74, 6) is -1.38. The summed E-state index contributed by atoms with van der Waals surface area (Å²) in [4.78, 5) is 20.7. The zero-order valence-corrected chi connectivity index (χ0v) is 15.6. The molecule has 4 heteroatoms. The number of allylic oxidation sites excluding steroid dienone is 4. The number of hydrogen-bond donors (Lipinski definition) is 2. The number of carboxylic acids is 2. The first-order valence-electron chi connectivity index (χ1n) is 9.86. The molecule has 0 spiro atoms. The summed E-state index contributed by atoms with van der Waals surface area (Å²) in [5.41, 5.74) is 0. The van der Waals surface area contributed by atoms with E-state index in [4.69, 9.17) is 10.2 Å². The quantitative estimate of drug-likeness (QED) is 0.230. The largest absolute Gasteiger partial charge is 0.481 e. The molecule has 0 rings (SSSR count). The minimum Gasteiger partial charge on any atom is -0.481 e. The summed E-state index contributed by atoms with van der Waals surface area (Å²) in [6.07, 6.45) is 23.4. The van der Waals surface area contributed by atoms with Crippen LogP contribution in [0.2, 0.25) is 0 Å². The van der Waals surface area contributed by atoms with E-state index in [-0.39, 0.29) is 0 Å². The van der Waals surface area contributed by atoms with E-state index in [0.29, 0.717) is 12.8 Å². The van der Waals surface area contributed by atoms with E-state index in [0.717, 1.165) is 57.8 Å². The molecule has 0 aliphatic rings. The molecule has 0 amide bonds. The third-order valence-electron chi connectivity index (χ3n) is 4.13. The Balaban J connectivity index is 3.22. The molecule has 0 aromatic heterocycles. The topological polar surface area (TPSA) is 74.6 Å². The Labute approximate surface area is 153 Å². The van der Waals surface area contributed by atoms with Crippen molar-refractivity contribution in [2.75, 3.05) is 0 Å². The second kappa shape index (κ2) is 18.8. The van der Waals surface area contributed by atoms with Gasteiger partial charge in [0.1, 0.15) is 0 Å². The monoisotopic (exact) mass is 352 g/mol. The van der Waals surface area contributed by atoms with E-state index in [1.165, 1.54) is 25.7 Å². The van der Waals surface area contributed by atoms with Crippen LogP contribution in [-0.4, -0.2) is 22.2 Å². The molecule has 0 unspecified atom stereocenters. The molecule has 0 heterocycles. The molecule has 2 N–H and O–H groups in total. The van der Waals surface area contributed by atoms with Crippen molar-refractivity contribution in [3.05, 3.63) is 24.3 Å². The number of carboxylic acid groups (broad SMARTS) is 2. The molecule has 0 saturated carbocycles. The zero-order valence-electron chi connectivity index (χ0n) is 15.6. The highest BCUT2D eigenvalue weighted by Gasteiger charge is 1.96. The SMILES string of the molecule is O=C(O)CCCCCCC/C=C/C/C=C/CCCCCCCC(=O)O. The fourth-order valence-electron chi connectivity index (χ4n) is 2.64. The van der Waals surface area contributed by atoms with Crippen LogP contribution in [0.25, 0.3) is 0 Å². The highest BCUT2D eigenvalue weighted by molar-refractivity contribution is 5.66. The van der Waals surface area contributed by atoms with Crippen molar-refractivity contribution in [2.24, 2.45) is 0 Å². The molecule has 0 aromatic carbocycles. The van der Waals surface area contributed by atoms with Gasteiger partial charge >= 0.3 is 11.9 Å². The Hall–Kier alpha value is -1.58. The second-order valence-corrected chi connectivity index (χ2v) is 6.58. The lowest BCUT2D eigenvalue weighted by Gasteiger charge is -1.98. The van der Waals surface area contributed by atoms with Crippen LogP contribution < -0.4 is 0 Å². The molecule has 0 aliphatic carbocycles. The number of aliphatic carboxylic acids is 2. The van der Waals surface area contributed by atoms with Gasteiger partial charge in [0, 0.05) is 12.8 Å². The van der Waals surface area contributed by atoms with Crippen molar-refractivity contribution < 1.29 is 19.8 Å². The Morgan fingerprint density at radius 2 is 0.880 bits per heavy atom. The summed E-state index contributed by atoms with van der Waals surface area (Å²) in [7, 11) is 0. The molecule has 0 saturated heterocycles. The van der Waals surface area contributed by atoms with Crippen LogP contribution >= 0.6 is 0 Å². The summed E-state index contributed by atoms with van der Waals surface area (Å²) in [6.45, 7) is 0. The summed E-state index contributed by atoms with van der Waals surface area (Å²) in [5, 5.41) is 17.1. The van der Waals surface area contributed by atoms with Crippen LogP contribution in [-0.2, 0) is 9.59 Å². The average molecular weight is 353 g/mol. The van der Waals surface area contributed by atoms with Crippen LogP contribution in [0.5, 0.6) is 0 Å². The average Bonchev–Trinajstić information content (AvgIpc) is 2.56. The van der Waals surface area contributed by atoms with E-state index in [1.807, 2.05) is 0 Å². The van der Waals surface area contributed by atoms with E-state index in [2.05, 4.69) is 24.3 Å². The van der Waals surface area contributed by atoms with Gasteiger partial charge in [0.2, 0.25) is 0 Å². The first-order valence-corrected chi connectivity index (χ1v) is 9.86. The van der Waals surface area contributed by atoms with Gasteiger partial charge in [-0.3, -0.25) is 9.59 Å². The van der Waals surface area contributed by atoms with E-state index in [9.17, 15) is 9.59 Å².